The van der Waals surface area contributed by atoms with Gasteiger partial charge in [0.25, 0.3) is 0 Å². The maximum absolute atomic E-state index is 6.49. The van der Waals surface area contributed by atoms with Crippen LogP contribution in [0.15, 0.2) is 167 Å². The van der Waals surface area contributed by atoms with Crippen LogP contribution in [0.1, 0.15) is 25.0 Å². The highest BCUT2D eigenvalue weighted by atomic mass is 16.4. The number of fused-ring (bicyclic) bond motifs is 11. The summed E-state index contributed by atoms with van der Waals surface area (Å²) in [5.74, 6) is 2.44. The standard InChI is InChI=1S/C51H32N4O2/c1-51(2)39-21-9-8-17-34(39)35-18-11-20-37(45(35)51)49-54-47(53-48(55-49)36-19-10-15-29-12-6-7-16-33(29)36)32-23-22-30-24-25-40-43(38(30)28-32)44-41(56-40)26-27-42-46(44)52-50(57-42)31-13-4-3-5-14-31/h3-28H,1-2H3. The van der Waals surface area contributed by atoms with Crippen LogP contribution in [0.4, 0.5) is 0 Å². The van der Waals surface area contributed by atoms with Crippen LogP contribution in [0.5, 0.6) is 0 Å². The minimum Gasteiger partial charge on any atom is -0.456 e. The summed E-state index contributed by atoms with van der Waals surface area (Å²) >= 11 is 0. The Hall–Kier alpha value is -7.44. The molecule has 0 radical (unpaired) electrons. The summed E-state index contributed by atoms with van der Waals surface area (Å²) in [5, 5.41) is 6.21. The first-order valence-corrected chi connectivity index (χ1v) is 19.2. The van der Waals surface area contributed by atoms with Crippen LogP contribution in [-0.2, 0) is 5.41 Å². The van der Waals surface area contributed by atoms with Crippen molar-refractivity contribution in [1.29, 1.82) is 0 Å². The summed E-state index contributed by atoms with van der Waals surface area (Å²) in [6.07, 6.45) is 0. The highest BCUT2D eigenvalue weighted by Crippen LogP contribution is 2.52. The van der Waals surface area contributed by atoms with E-state index in [1.165, 1.54) is 22.3 Å². The SMILES string of the molecule is CC1(C)c2ccccc2-c2cccc(-c3nc(-c4ccc5ccc6oc7ccc8oc(-c9ccccc9)nc8c7c6c5c4)nc(-c4cccc5ccccc45)n3)c21. The molecule has 11 aromatic rings. The average molecular weight is 733 g/mol. The van der Waals surface area contributed by atoms with Gasteiger partial charge >= 0.3 is 0 Å². The molecule has 1 aliphatic rings. The zero-order valence-electron chi connectivity index (χ0n) is 31.1. The highest BCUT2D eigenvalue weighted by molar-refractivity contribution is 6.25. The number of furan rings is 1. The molecule has 0 spiro atoms. The molecule has 0 fully saturated rings. The van der Waals surface area contributed by atoms with Crippen molar-refractivity contribution in [3.8, 4) is 56.7 Å². The van der Waals surface area contributed by atoms with E-state index in [4.69, 9.17) is 28.8 Å². The Balaban J connectivity index is 1.11. The Bertz CT molecular complexity index is 3450. The van der Waals surface area contributed by atoms with Gasteiger partial charge in [0.05, 0.1) is 5.39 Å². The van der Waals surface area contributed by atoms with Crippen LogP contribution >= 0.6 is 0 Å². The lowest BCUT2D eigenvalue weighted by Crippen LogP contribution is -2.17. The molecule has 268 valence electrons. The fourth-order valence-corrected chi connectivity index (χ4v) is 9.11. The molecule has 0 amide bonds. The van der Waals surface area contributed by atoms with E-state index >= 15 is 0 Å². The number of benzene rings is 8. The van der Waals surface area contributed by atoms with Gasteiger partial charge in [-0.05, 0) is 80.2 Å². The Morgan fingerprint density at radius 2 is 1.05 bits per heavy atom. The smallest absolute Gasteiger partial charge is 0.227 e. The lowest BCUT2D eigenvalue weighted by atomic mass is 9.80. The molecule has 3 heterocycles. The quantitative estimate of drug-likeness (QED) is 0.179. The van der Waals surface area contributed by atoms with Crippen molar-refractivity contribution in [3.05, 3.63) is 169 Å². The van der Waals surface area contributed by atoms with Crippen LogP contribution < -0.4 is 0 Å². The van der Waals surface area contributed by atoms with Gasteiger partial charge in [-0.2, -0.15) is 0 Å². The summed E-state index contributed by atoms with van der Waals surface area (Å²) < 4.78 is 12.8. The number of oxazole rings is 1. The molecular formula is C51H32N4O2. The second-order valence-corrected chi connectivity index (χ2v) is 15.4. The molecule has 8 aromatic carbocycles. The van der Waals surface area contributed by atoms with Gasteiger partial charge in [0, 0.05) is 33.1 Å². The Kier molecular flexibility index (Phi) is 6.59. The first-order chi connectivity index (χ1) is 28.0. The minimum atomic E-state index is -0.251. The van der Waals surface area contributed by atoms with Crippen LogP contribution in [-0.4, -0.2) is 19.9 Å². The van der Waals surface area contributed by atoms with E-state index in [0.29, 0.717) is 28.9 Å². The Morgan fingerprint density at radius 3 is 1.96 bits per heavy atom. The van der Waals surface area contributed by atoms with Gasteiger partial charge in [0.15, 0.2) is 23.1 Å². The van der Waals surface area contributed by atoms with E-state index in [1.807, 2.05) is 48.5 Å². The van der Waals surface area contributed by atoms with E-state index in [-0.39, 0.29) is 5.41 Å². The predicted molar refractivity (Wildman–Crippen MR) is 229 cm³/mol. The van der Waals surface area contributed by atoms with Crippen molar-refractivity contribution in [2.24, 2.45) is 0 Å². The molecule has 1 aliphatic carbocycles. The van der Waals surface area contributed by atoms with E-state index < -0.39 is 0 Å². The van der Waals surface area contributed by atoms with Gasteiger partial charge in [-0.1, -0.05) is 135 Å². The number of hydrogen-bond acceptors (Lipinski definition) is 6. The van der Waals surface area contributed by atoms with Crippen molar-refractivity contribution < 1.29 is 8.83 Å². The highest BCUT2D eigenvalue weighted by Gasteiger charge is 2.38. The molecule has 0 saturated carbocycles. The Morgan fingerprint density at radius 1 is 0.421 bits per heavy atom. The lowest BCUT2D eigenvalue weighted by molar-refractivity contribution is 0.619. The monoisotopic (exact) mass is 732 g/mol. The molecule has 3 aromatic heterocycles. The third-order valence-electron chi connectivity index (χ3n) is 11.7. The second-order valence-electron chi connectivity index (χ2n) is 15.4. The van der Waals surface area contributed by atoms with Crippen molar-refractivity contribution in [2.45, 2.75) is 19.3 Å². The van der Waals surface area contributed by atoms with Gasteiger partial charge in [-0.25, -0.2) is 19.9 Å². The fourth-order valence-electron chi connectivity index (χ4n) is 9.11. The van der Waals surface area contributed by atoms with Gasteiger partial charge in [0.1, 0.15) is 16.7 Å². The summed E-state index contributed by atoms with van der Waals surface area (Å²) in [5.41, 5.74) is 11.5. The van der Waals surface area contributed by atoms with Crippen molar-refractivity contribution in [3.63, 3.8) is 0 Å². The zero-order valence-corrected chi connectivity index (χ0v) is 31.1. The fraction of sp³-hybridized carbons (Fsp3) is 0.0588. The molecule has 12 rings (SSSR count). The molecule has 0 atom stereocenters. The lowest BCUT2D eigenvalue weighted by Gasteiger charge is -2.24. The minimum absolute atomic E-state index is 0.251. The third kappa shape index (κ3) is 4.71. The molecule has 0 aliphatic heterocycles. The molecular weight excluding hydrogens is 701 g/mol. The topological polar surface area (TPSA) is 77.8 Å². The molecule has 6 nitrogen and oxygen atoms in total. The summed E-state index contributed by atoms with van der Waals surface area (Å²) in [7, 11) is 0. The van der Waals surface area contributed by atoms with Crippen LogP contribution in [0.2, 0.25) is 0 Å². The number of aromatic nitrogens is 4. The van der Waals surface area contributed by atoms with Crippen LogP contribution in [0.25, 0.3) is 111 Å². The van der Waals surface area contributed by atoms with E-state index in [0.717, 1.165) is 71.3 Å². The van der Waals surface area contributed by atoms with E-state index in [1.54, 1.807) is 0 Å². The van der Waals surface area contributed by atoms with Gasteiger partial charge in [-0.3, -0.25) is 0 Å². The largest absolute Gasteiger partial charge is 0.456 e. The average Bonchev–Trinajstić information content (AvgIpc) is 3.94. The van der Waals surface area contributed by atoms with Crippen LogP contribution in [0.3, 0.4) is 0 Å². The number of nitrogens with zero attached hydrogens (tertiary/aromatic N) is 4. The van der Waals surface area contributed by atoms with Crippen molar-refractivity contribution in [1.82, 2.24) is 19.9 Å². The normalized spacial score (nSPS) is 13.2. The molecule has 0 unspecified atom stereocenters. The second kappa shape index (κ2) is 11.8. The maximum atomic E-state index is 6.49. The van der Waals surface area contributed by atoms with Gasteiger partial charge in [-0.15, -0.1) is 0 Å². The number of hydrogen-bond donors (Lipinski definition) is 0. The van der Waals surface area contributed by atoms with Crippen molar-refractivity contribution >= 4 is 54.6 Å². The summed E-state index contributed by atoms with van der Waals surface area (Å²) in [4.78, 5) is 20.9. The van der Waals surface area contributed by atoms with E-state index in [2.05, 4.69) is 123 Å². The number of rotatable bonds is 4. The van der Waals surface area contributed by atoms with Gasteiger partial charge < -0.3 is 8.83 Å². The molecule has 0 saturated heterocycles. The Labute approximate surface area is 327 Å². The molecule has 0 bridgehead atoms. The predicted octanol–water partition coefficient (Wildman–Crippen LogP) is 13.2. The summed E-state index contributed by atoms with van der Waals surface area (Å²) in [6, 6.07) is 54.4. The van der Waals surface area contributed by atoms with Gasteiger partial charge in [0.2, 0.25) is 5.89 Å². The summed E-state index contributed by atoms with van der Waals surface area (Å²) in [6.45, 7) is 4.60. The third-order valence-corrected chi connectivity index (χ3v) is 11.7. The maximum Gasteiger partial charge on any atom is 0.227 e. The first-order valence-electron chi connectivity index (χ1n) is 19.2. The zero-order chi connectivity index (χ0) is 37.8. The molecule has 6 heteroatoms. The first kappa shape index (κ1) is 31.9. The van der Waals surface area contributed by atoms with Crippen molar-refractivity contribution in [2.75, 3.05) is 0 Å². The molecule has 57 heavy (non-hydrogen) atoms. The van der Waals surface area contributed by atoms with E-state index in [9.17, 15) is 0 Å². The molecule has 0 N–H and O–H groups in total. The van der Waals surface area contributed by atoms with Crippen LogP contribution in [0, 0.1) is 0 Å².